The van der Waals surface area contributed by atoms with Crippen LogP contribution in [0.3, 0.4) is 0 Å². The van der Waals surface area contributed by atoms with E-state index in [0.717, 1.165) is 46.9 Å². The molecule has 1 aliphatic rings. The number of fused-ring (bicyclic) bond motifs is 1. The molecule has 0 saturated heterocycles. The fourth-order valence-electron chi connectivity index (χ4n) is 4.03. The molecule has 1 saturated carbocycles. The lowest BCUT2D eigenvalue weighted by Gasteiger charge is -2.19. The highest BCUT2D eigenvalue weighted by molar-refractivity contribution is 5.90. The molecule has 130 valence electrons. The van der Waals surface area contributed by atoms with Gasteiger partial charge >= 0.3 is 0 Å². The monoisotopic (exact) mass is 334 g/mol. The average Bonchev–Trinajstić information content (AvgIpc) is 3.36. The molecule has 0 aromatic carbocycles. The van der Waals surface area contributed by atoms with Gasteiger partial charge in [0, 0.05) is 35.6 Å². The van der Waals surface area contributed by atoms with E-state index in [1.54, 1.807) is 0 Å². The Bertz CT molecular complexity index is 921. The lowest BCUT2D eigenvalue weighted by Crippen LogP contribution is -2.13. The van der Waals surface area contributed by atoms with E-state index in [1.807, 2.05) is 13.1 Å². The third kappa shape index (κ3) is 2.74. The second-order valence-electron chi connectivity index (χ2n) is 7.18. The third-order valence-electron chi connectivity index (χ3n) is 5.39. The minimum absolute atomic E-state index is 0.562. The van der Waals surface area contributed by atoms with Gasteiger partial charge in [-0.05, 0) is 57.2 Å². The SMILES string of the molecule is CCc1nc2c(-c3ccc(C)nc3C)nccc2n1C(CC)C1CC1. The number of hydrogen-bond donors (Lipinski definition) is 0. The topological polar surface area (TPSA) is 43.6 Å². The summed E-state index contributed by atoms with van der Waals surface area (Å²) >= 11 is 0. The molecule has 4 rings (SSSR count). The van der Waals surface area contributed by atoms with Crippen molar-refractivity contribution in [1.82, 2.24) is 19.5 Å². The Morgan fingerprint density at radius 3 is 2.56 bits per heavy atom. The molecule has 0 spiro atoms. The van der Waals surface area contributed by atoms with Gasteiger partial charge in [-0.2, -0.15) is 0 Å². The van der Waals surface area contributed by atoms with Gasteiger partial charge in [0.05, 0.1) is 11.2 Å². The first-order valence-corrected chi connectivity index (χ1v) is 9.44. The fourth-order valence-corrected chi connectivity index (χ4v) is 4.03. The average molecular weight is 334 g/mol. The van der Waals surface area contributed by atoms with Crippen LogP contribution in [0.15, 0.2) is 24.4 Å². The van der Waals surface area contributed by atoms with Gasteiger partial charge in [0.1, 0.15) is 11.3 Å². The van der Waals surface area contributed by atoms with E-state index in [9.17, 15) is 0 Å². The summed E-state index contributed by atoms with van der Waals surface area (Å²) in [6.45, 7) is 8.57. The molecule has 0 amide bonds. The van der Waals surface area contributed by atoms with Crippen LogP contribution in [0.2, 0.25) is 0 Å². The summed E-state index contributed by atoms with van der Waals surface area (Å²) in [5.41, 5.74) is 6.34. The Balaban J connectivity index is 1.94. The van der Waals surface area contributed by atoms with Gasteiger partial charge in [0.2, 0.25) is 0 Å². The van der Waals surface area contributed by atoms with Crippen molar-refractivity contribution < 1.29 is 0 Å². The number of aryl methyl sites for hydroxylation is 3. The normalized spacial score (nSPS) is 15.7. The van der Waals surface area contributed by atoms with Crippen LogP contribution >= 0.6 is 0 Å². The van der Waals surface area contributed by atoms with Gasteiger partial charge in [0.25, 0.3) is 0 Å². The summed E-state index contributed by atoms with van der Waals surface area (Å²) < 4.78 is 2.50. The molecule has 3 aromatic heterocycles. The molecular weight excluding hydrogens is 308 g/mol. The minimum Gasteiger partial charge on any atom is -0.324 e. The van der Waals surface area contributed by atoms with E-state index in [0.29, 0.717) is 6.04 Å². The Labute approximate surface area is 149 Å². The molecule has 1 aliphatic carbocycles. The summed E-state index contributed by atoms with van der Waals surface area (Å²) in [5.74, 6) is 1.99. The number of imidazole rings is 1. The third-order valence-corrected chi connectivity index (χ3v) is 5.39. The Kier molecular flexibility index (Phi) is 4.06. The number of pyridine rings is 2. The second-order valence-corrected chi connectivity index (χ2v) is 7.18. The molecule has 1 atom stereocenters. The van der Waals surface area contributed by atoms with Crippen LogP contribution in [-0.2, 0) is 6.42 Å². The largest absolute Gasteiger partial charge is 0.324 e. The smallest absolute Gasteiger partial charge is 0.115 e. The van der Waals surface area contributed by atoms with Gasteiger partial charge in [-0.1, -0.05) is 13.8 Å². The van der Waals surface area contributed by atoms with E-state index in [4.69, 9.17) is 4.98 Å². The van der Waals surface area contributed by atoms with Gasteiger partial charge in [0.15, 0.2) is 0 Å². The van der Waals surface area contributed by atoms with Crippen LogP contribution in [0, 0.1) is 19.8 Å². The maximum Gasteiger partial charge on any atom is 0.115 e. The van der Waals surface area contributed by atoms with Crippen LogP contribution in [0.5, 0.6) is 0 Å². The van der Waals surface area contributed by atoms with Crippen molar-refractivity contribution in [2.24, 2.45) is 5.92 Å². The number of rotatable bonds is 5. The zero-order valence-corrected chi connectivity index (χ0v) is 15.6. The highest BCUT2D eigenvalue weighted by Gasteiger charge is 2.33. The van der Waals surface area contributed by atoms with Gasteiger partial charge in [-0.3, -0.25) is 9.97 Å². The first-order chi connectivity index (χ1) is 12.1. The van der Waals surface area contributed by atoms with Crippen molar-refractivity contribution >= 4 is 11.0 Å². The summed E-state index contributed by atoms with van der Waals surface area (Å²) in [4.78, 5) is 14.3. The molecule has 3 heterocycles. The fraction of sp³-hybridized carbons (Fsp3) is 0.476. The Hall–Kier alpha value is -2.23. The molecule has 4 nitrogen and oxygen atoms in total. The van der Waals surface area contributed by atoms with Crippen molar-refractivity contribution in [1.29, 1.82) is 0 Å². The van der Waals surface area contributed by atoms with Gasteiger partial charge in [-0.15, -0.1) is 0 Å². The van der Waals surface area contributed by atoms with E-state index in [2.05, 4.69) is 53.5 Å². The summed E-state index contributed by atoms with van der Waals surface area (Å²) in [5, 5.41) is 0. The van der Waals surface area contributed by atoms with Crippen LogP contribution < -0.4 is 0 Å². The zero-order chi connectivity index (χ0) is 17.6. The Morgan fingerprint density at radius 2 is 1.92 bits per heavy atom. The highest BCUT2D eigenvalue weighted by Crippen LogP contribution is 2.44. The summed E-state index contributed by atoms with van der Waals surface area (Å²) in [7, 11) is 0. The first-order valence-electron chi connectivity index (χ1n) is 9.44. The van der Waals surface area contributed by atoms with Crippen LogP contribution in [0.4, 0.5) is 0 Å². The molecule has 4 heteroatoms. The van der Waals surface area contributed by atoms with Crippen LogP contribution in [0.1, 0.15) is 56.4 Å². The zero-order valence-electron chi connectivity index (χ0n) is 15.6. The molecule has 1 fully saturated rings. The van der Waals surface area contributed by atoms with Gasteiger partial charge in [-0.25, -0.2) is 4.98 Å². The van der Waals surface area contributed by atoms with Gasteiger partial charge < -0.3 is 4.57 Å². The van der Waals surface area contributed by atoms with Crippen molar-refractivity contribution in [2.75, 3.05) is 0 Å². The van der Waals surface area contributed by atoms with E-state index in [1.165, 1.54) is 24.2 Å². The van der Waals surface area contributed by atoms with Crippen molar-refractivity contribution in [3.8, 4) is 11.3 Å². The lowest BCUT2D eigenvalue weighted by atomic mass is 10.1. The predicted molar refractivity (Wildman–Crippen MR) is 102 cm³/mol. The molecule has 25 heavy (non-hydrogen) atoms. The van der Waals surface area contributed by atoms with Crippen LogP contribution in [-0.4, -0.2) is 19.5 Å². The standard InChI is InChI=1S/C21H26N4/c1-5-17(15-8-9-15)25-18-11-12-22-20(21(18)24-19(25)6-2)16-10-7-13(3)23-14(16)4/h7,10-12,15,17H,5-6,8-9H2,1-4H3. The second kappa shape index (κ2) is 6.25. The van der Waals surface area contributed by atoms with E-state index >= 15 is 0 Å². The molecule has 0 bridgehead atoms. The van der Waals surface area contributed by atoms with E-state index < -0.39 is 0 Å². The lowest BCUT2D eigenvalue weighted by molar-refractivity contribution is 0.429. The summed E-state index contributed by atoms with van der Waals surface area (Å²) in [6.07, 6.45) is 6.73. The predicted octanol–water partition coefficient (Wildman–Crippen LogP) is 5.03. The Morgan fingerprint density at radius 1 is 1.12 bits per heavy atom. The number of hydrogen-bond acceptors (Lipinski definition) is 3. The van der Waals surface area contributed by atoms with E-state index in [-0.39, 0.29) is 0 Å². The highest BCUT2D eigenvalue weighted by atomic mass is 15.1. The van der Waals surface area contributed by atoms with Crippen molar-refractivity contribution in [3.63, 3.8) is 0 Å². The summed E-state index contributed by atoms with van der Waals surface area (Å²) in [6, 6.07) is 6.88. The number of aromatic nitrogens is 4. The van der Waals surface area contributed by atoms with Crippen molar-refractivity contribution in [2.45, 2.75) is 59.4 Å². The molecule has 3 aromatic rings. The molecule has 1 unspecified atom stereocenters. The molecule has 0 aliphatic heterocycles. The molecule has 0 N–H and O–H groups in total. The number of nitrogens with zero attached hydrogens (tertiary/aromatic N) is 4. The first kappa shape index (κ1) is 16.2. The maximum absolute atomic E-state index is 5.02. The minimum atomic E-state index is 0.562. The van der Waals surface area contributed by atoms with Crippen molar-refractivity contribution in [3.05, 3.63) is 41.6 Å². The molecular formula is C21H26N4. The quantitative estimate of drug-likeness (QED) is 0.657. The van der Waals surface area contributed by atoms with Crippen LogP contribution in [0.25, 0.3) is 22.3 Å². The maximum atomic E-state index is 5.02. The molecule has 0 radical (unpaired) electrons.